The van der Waals surface area contributed by atoms with Gasteiger partial charge < -0.3 is 24.6 Å². The highest BCUT2D eigenvalue weighted by Gasteiger charge is 2.25. The SMILES string of the molecule is CC(C)(C)OC(=O)N[C@@H](Cc1ccc2c(c1)OCO2)C(=O)O. The molecule has 0 aliphatic carbocycles. The number of aliphatic carboxylic acids is 1. The van der Waals surface area contributed by atoms with Gasteiger partial charge in [0.15, 0.2) is 11.5 Å². The Kier molecular flexibility index (Phi) is 4.44. The fourth-order valence-corrected chi connectivity index (χ4v) is 1.95. The Morgan fingerprint density at radius 3 is 2.64 bits per heavy atom. The van der Waals surface area contributed by atoms with Crippen molar-refractivity contribution in [3.8, 4) is 11.5 Å². The molecular weight excluding hydrogens is 290 g/mol. The van der Waals surface area contributed by atoms with Gasteiger partial charge in [-0.3, -0.25) is 0 Å². The smallest absolute Gasteiger partial charge is 0.408 e. The summed E-state index contributed by atoms with van der Waals surface area (Å²) in [6, 6.07) is 4.06. The van der Waals surface area contributed by atoms with E-state index < -0.39 is 23.7 Å². The lowest BCUT2D eigenvalue weighted by molar-refractivity contribution is -0.139. The van der Waals surface area contributed by atoms with Crippen LogP contribution in [-0.2, 0) is 16.0 Å². The molecule has 0 fully saturated rings. The first-order valence-corrected chi connectivity index (χ1v) is 6.85. The van der Waals surface area contributed by atoms with Crippen molar-refractivity contribution < 1.29 is 28.9 Å². The van der Waals surface area contributed by atoms with Crippen molar-refractivity contribution in [3.63, 3.8) is 0 Å². The maximum Gasteiger partial charge on any atom is 0.408 e. The minimum absolute atomic E-state index is 0.116. The number of hydrogen-bond donors (Lipinski definition) is 2. The van der Waals surface area contributed by atoms with Crippen LogP contribution >= 0.6 is 0 Å². The van der Waals surface area contributed by atoms with E-state index >= 15 is 0 Å². The lowest BCUT2D eigenvalue weighted by Crippen LogP contribution is -2.44. The third-order valence-electron chi connectivity index (χ3n) is 2.87. The molecule has 0 unspecified atom stereocenters. The molecule has 1 amide bonds. The molecule has 2 N–H and O–H groups in total. The summed E-state index contributed by atoms with van der Waals surface area (Å²) in [5.74, 6) is 0.0539. The van der Waals surface area contributed by atoms with E-state index in [-0.39, 0.29) is 13.2 Å². The number of carbonyl (C=O) groups excluding carboxylic acids is 1. The normalized spacial score (nSPS) is 14.3. The van der Waals surface area contributed by atoms with Crippen molar-refractivity contribution in [2.75, 3.05) is 6.79 Å². The average molecular weight is 309 g/mol. The van der Waals surface area contributed by atoms with Gasteiger partial charge in [0, 0.05) is 6.42 Å². The van der Waals surface area contributed by atoms with Gasteiger partial charge in [0.2, 0.25) is 6.79 Å². The number of carboxylic acids is 1. The van der Waals surface area contributed by atoms with Crippen LogP contribution < -0.4 is 14.8 Å². The molecule has 0 saturated carbocycles. The van der Waals surface area contributed by atoms with Gasteiger partial charge in [0.1, 0.15) is 11.6 Å². The summed E-state index contributed by atoms with van der Waals surface area (Å²) in [5.41, 5.74) is 0.0269. The lowest BCUT2D eigenvalue weighted by Gasteiger charge is -2.22. The Morgan fingerprint density at radius 1 is 1.32 bits per heavy atom. The molecule has 7 heteroatoms. The molecular formula is C15H19NO6. The molecule has 1 aromatic carbocycles. The van der Waals surface area contributed by atoms with Gasteiger partial charge in [-0.05, 0) is 38.5 Å². The van der Waals surface area contributed by atoms with Crippen LogP contribution in [0.3, 0.4) is 0 Å². The highest BCUT2D eigenvalue weighted by Crippen LogP contribution is 2.32. The molecule has 0 aromatic heterocycles. The Bertz CT molecular complexity index is 578. The van der Waals surface area contributed by atoms with Crippen molar-refractivity contribution in [1.29, 1.82) is 0 Å². The first-order chi connectivity index (χ1) is 10.2. The summed E-state index contributed by atoms with van der Waals surface area (Å²) in [6.07, 6.45) is -0.647. The molecule has 1 heterocycles. The van der Waals surface area contributed by atoms with Gasteiger partial charge in [0.05, 0.1) is 0 Å². The van der Waals surface area contributed by atoms with Crippen molar-refractivity contribution in [3.05, 3.63) is 23.8 Å². The number of amides is 1. The van der Waals surface area contributed by atoms with Gasteiger partial charge in [-0.1, -0.05) is 6.07 Å². The van der Waals surface area contributed by atoms with Crippen LogP contribution in [0, 0.1) is 0 Å². The number of nitrogens with one attached hydrogen (secondary N) is 1. The van der Waals surface area contributed by atoms with Crippen molar-refractivity contribution in [2.24, 2.45) is 0 Å². The maximum atomic E-state index is 11.7. The molecule has 0 bridgehead atoms. The molecule has 2 rings (SSSR count). The Morgan fingerprint density at radius 2 is 2.00 bits per heavy atom. The fourth-order valence-electron chi connectivity index (χ4n) is 1.95. The lowest BCUT2D eigenvalue weighted by atomic mass is 10.1. The fraction of sp³-hybridized carbons (Fsp3) is 0.467. The Labute approximate surface area is 128 Å². The topological polar surface area (TPSA) is 94.1 Å². The molecule has 0 spiro atoms. The largest absolute Gasteiger partial charge is 0.480 e. The second-order valence-electron chi connectivity index (χ2n) is 5.93. The number of benzene rings is 1. The second-order valence-corrected chi connectivity index (χ2v) is 5.93. The summed E-state index contributed by atoms with van der Waals surface area (Å²) in [7, 11) is 0. The quantitative estimate of drug-likeness (QED) is 0.882. The number of carbonyl (C=O) groups is 2. The zero-order valence-corrected chi connectivity index (χ0v) is 12.7. The van der Waals surface area contributed by atoms with Gasteiger partial charge in [-0.25, -0.2) is 9.59 Å². The standard InChI is InChI=1S/C15H19NO6/c1-15(2,3)22-14(19)16-10(13(17)18)6-9-4-5-11-12(7-9)21-8-20-11/h4-5,7,10H,6,8H2,1-3H3,(H,16,19)(H,17,18)/t10-/m0/s1. The zero-order valence-electron chi connectivity index (χ0n) is 12.7. The number of carboxylic acid groups (broad SMARTS) is 1. The van der Waals surface area contributed by atoms with Crippen LogP contribution in [0.1, 0.15) is 26.3 Å². The maximum absolute atomic E-state index is 11.7. The van der Waals surface area contributed by atoms with E-state index in [1.165, 1.54) is 0 Å². The van der Waals surface area contributed by atoms with Crippen LogP contribution in [0.4, 0.5) is 4.79 Å². The van der Waals surface area contributed by atoms with E-state index in [4.69, 9.17) is 14.2 Å². The molecule has 1 aromatic rings. The number of ether oxygens (including phenoxy) is 3. The molecule has 120 valence electrons. The minimum Gasteiger partial charge on any atom is -0.480 e. The van der Waals surface area contributed by atoms with Crippen molar-refractivity contribution in [1.82, 2.24) is 5.32 Å². The van der Waals surface area contributed by atoms with Gasteiger partial charge in [0.25, 0.3) is 0 Å². The highest BCUT2D eigenvalue weighted by molar-refractivity contribution is 5.80. The predicted octanol–water partition coefficient (Wildman–Crippen LogP) is 1.94. The second kappa shape index (κ2) is 6.13. The number of alkyl carbamates (subject to hydrolysis) is 1. The Balaban J connectivity index is 2.03. The van der Waals surface area contributed by atoms with E-state index in [1.807, 2.05) is 0 Å². The summed E-state index contributed by atoms with van der Waals surface area (Å²) in [5, 5.41) is 11.6. The summed E-state index contributed by atoms with van der Waals surface area (Å²) >= 11 is 0. The van der Waals surface area contributed by atoms with Crippen molar-refractivity contribution in [2.45, 2.75) is 38.8 Å². The van der Waals surface area contributed by atoms with Gasteiger partial charge in [-0.15, -0.1) is 0 Å². The zero-order chi connectivity index (χ0) is 16.3. The van der Waals surface area contributed by atoms with E-state index in [0.717, 1.165) is 0 Å². The van der Waals surface area contributed by atoms with Crippen LogP contribution in [-0.4, -0.2) is 35.6 Å². The first-order valence-electron chi connectivity index (χ1n) is 6.85. The number of fused-ring (bicyclic) bond motifs is 1. The molecule has 22 heavy (non-hydrogen) atoms. The number of hydrogen-bond acceptors (Lipinski definition) is 5. The van der Waals surface area contributed by atoms with E-state index in [0.29, 0.717) is 17.1 Å². The molecule has 1 aliphatic heterocycles. The molecule has 1 aliphatic rings. The molecule has 0 radical (unpaired) electrons. The summed E-state index contributed by atoms with van der Waals surface area (Å²) in [4.78, 5) is 23.0. The van der Waals surface area contributed by atoms with Crippen molar-refractivity contribution >= 4 is 12.1 Å². The van der Waals surface area contributed by atoms with E-state index in [9.17, 15) is 14.7 Å². The van der Waals surface area contributed by atoms with Crippen LogP contribution in [0.5, 0.6) is 11.5 Å². The van der Waals surface area contributed by atoms with Crippen LogP contribution in [0.25, 0.3) is 0 Å². The average Bonchev–Trinajstić information content (AvgIpc) is 2.82. The van der Waals surface area contributed by atoms with E-state index in [1.54, 1.807) is 39.0 Å². The van der Waals surface area contributed by atoms with Gasteiger partial charge >= 0.3 is 12.1 Å². The van der Waals surface area contributed by atoms with Crippen LogP contribution in [0.2, 0.25) is 0 Å². The molecule has 1 atom stereocenters. The summed E-state index contributed by atoms with van der Waals surface area (Å²) < 4.78 is 15.5. The number of rotatable bonds is 4. The molecule has 0 saturated heterocycles. The minimum atomic E-state index is -1.14. The summed E-state index contributed by atoms with van der Waals surface area (Å²) in [6.45, 7) is 5.28. The predicted molar refractivity (Wildman–Crippen MR) is 77.1 cm³/mol. The third kappa shape index (κ3) is 4.28. The highest BCUT2D eigenvalue weighted by atomic mass is 16.7. The first kappa shape index (κ1) is 15.9. The van der Waals surface area contributed by atoms with Crippen LogP contribution in [0.15, 0.2) is 18.2 Å². The molecule has 7 nitrogen and oxygen atoms in total. The third-order valence-corrected chi connectivity index (χ3v) is 2.87. The Hall–Kier alpha value is -2.44. The van der Waals surface area contributed by atoms with E-state index in [2.05, 4.69) is 5.32 Å². The van der Waals surface area contributed by atoms with Gasteiger partial charge in [-0.2, -0.15) is 0 Å². The monoisotopic (exact) mass is 309 g/mol.